The molecule has 0 atom stereocenters. The monoisotopic (exact) mass is 416 g/mol. The maximum absolute atomic E-state index is 12.7. The van der Waals surface area contributed by atoms with Gasteiger partial charge in [0.1, 0.15) is 0 Å². The molecule has 0 aliphatic carbocycles. The zero-order valence-corrected chi connectivity index (χ0v) is 16.6. The van der Waals surface area contributed by atoms with E-state index in [0.29, 0.717) is 33.7 Å². The van der Waals surface area contributed by atoms with Gasteiger partial charge < -0.3 is 4.98 Å². The molecule has 31 heavy (non-hydrogen) atoms. The van der Waals surface area contributed by atoms with Crippen LogP contribution in [-0.2, 0) is 6.42 Å². The minimum absolute atomic E-state index is 0.0558. The highest BCUT2D eigenvalue weighted by Crippen LogP contribution is 2.24. The number of pyridine rings is 2. The van der Waals surface area contributed by atoms with E-state index in [1.54, 1.807) is 35.7 Å². The van der Waals surface area contributed by atoms with E-state index < -0.39 is 6.43 Å². The third-order valence-electron chi connectivity index (χ3n) is 5.35. The summed E-state index contributed by atoms with van der Waals surface area (Å²) in [4.78, 5) is 20.6. The maximum Gasteiger partial charge on any atom is 0.242 e. The van der Waals surface area contributed by atoms with Gasteiger partial charge >= 0.3 is 0 Å². The van der Waals surface area contributed by atoms with Crippen LogP contribution in [0.3, 0.4) is 0 Å². The van der Waals surface area contributed by atoms with Crippen LogP contribution in [-0.4, -0.2) is 26.0 Å². The molecule has 154 valence electrons. The highest BCUT2D eigenvalue weighted by molar-refractivity contribution is 5.82. The second-order valence-corrected chi connectivity index (χ2v) is 7.45. The van der Waals surface area contributed by atoms with Crippen molar-refractivity contribution in [2.24, 2.45) is 0 Å². The molecule has 5 aromatic rings. The number of hydrogen-bond donors (Lipinski definition) is 1. The third kappa shape index (κ3) is 3.48. The number of nitrogens with one attached hydrogen (secondary N) is 1. The lowest BCUT2D eigenvalue weighted by Crippen LogP contribution is -2.09. The number of aromatic amines is 1. The van der Waals surface area contributed by atoms with E-state index in [0.717, 1.165) is 16.6 Å². The molecule has 0 aliphatic rings. The largest absolute Gasteiger partial charge is 0.351 e. The topological polar surface area (TPSA) is 63.1 Å². The minimum atomic E-state index is -2.39. The fourth-order valence-electron chi connectivity index (χ4n) is 3.77. The minimum Gasteiger partial charge on any atom is -0.351 e. The molecule has 0 amide bonds. The summed E-state index contributed by atoms with van der Waals surface area (Å²) in [5.74, 6) is 0.420. The van der Waals surface area contributed by atoms with Crippen molar-refractivity contribution in [1.29, 1.82) is 0 Å². The van der Waals surface area contributed by atoms with Crippen molar-refractivity contribution >= 4 is 16.6 Å². The summed E-state index contributed by atoms with van der Waals surface area (Å²) in [5.41, 5.74) is 4.66. The van der Waals surface area contributed by atoms with Gasteiger partial charge in [-0.15, -0.1) is 5.10 Å². The van der Waals surface area contributed by atoms with Crippen molar-refractivity contribution in [3.63, 3.8) is 0 Å². The number of para-hydroxylation sites is 1. The van der Waals surface area contributed by atoms with E-state index in [1.165, 1.54) is 0 Å². The summed E-state index contributed by atoms with van der Waals surface area (Å²) < 4.78 is 27.1. The van der Waals surface area contributed by atoms with Crippen LogP contribution in [0.5, 0.6) is 0 Å². The van der Waals surface area contributed by atoms with Gasteiger partial charge in [-0.1, -0.05) is 36.4 Å². The van der Waals surface area contributed by atoms with Gasteiger partial charge in [0, 0.05) is 34.6 Å². The Kier molecular flexibility index (Phi) is 4.58. The Hall–Kier alpha value is -3.87. The molecule has 0 fully saturated rings. The average molecular weight is 416 g/mol. The molecule has 5 nitrogen and oxygen atoms in total. The van der Waals surface area contributed by atoms with Crippen LogP contribution in [0.25, 0.3) is 39.2 Å². The molecule has 0 radical (unpaired) electrons. The summed E-state index contributed by atoms with van der Waals surface area (Å²) >= 11 is 0. The first-order valence-corrected chi connectivity index (χ1v) is 9.85. The van der Waals surface area contributed by atoms with Crippen LogP contribution in [0, 0.1) is 6.92 Å². The SMILES string of the molecule is Cc1c(-c2nc3ccc(-c4cccc(CC(F)F)c4)cn3n2)[nH]c2ccccc2c1=O. The highest BCUT2D eigenvalue weighted by atomic mass is 19.3. The molecule has 2 aromatic carbocycles. The predicted molar refractivity (Wildman–Crippen MR) is 116 cm³/mol. The molecule has 7 heteroatoms. The second kappa shape index (κ2) is 7.43. The summed E-state index contributed by atoms with van der Waals surface area (Å²) in [6.07, 6.45) is -0.858. The summed E-state index contributed by atoms with van der Waals surface area (Å²) in [6, 6.07) is 18.1. The first-order valence-electron chi connectivity index (χ1n) is 9.85. The van der Waals surface area contributed by atoms with Crippen molar-refractivity contribution in [1.82, 2.24) is 19.6 Å². The number of nitrogens with zero attached hydrogens (tertiary/aromatic N) is 3. The predicted octanol–water partition coefficient (Wildman–Crippen LogP) is 5.02. The Bertz CT molecular complexity index is 1490. The molecule has 3 heterocycles. The zero-order chi connectivity index (χ0) is 21.5. The van der Waals surface area contributed by atoms with Gasteiger partial charge in [-0.25, -0.2) is 18.3 Å². The van der Waals surface area contributed by atoms with E-state index in [2.05, 4.69) is 15.1 Å². The lowest BCUT2D eigenvalue weighted by atomic mass is 10.0. The van der Waals surface area contributed by atoms with E-state index in [1.807, 2.05) is 42.6 Å². The van der Waals surface area contributed by atoms with Crippen molar-refractivity contribution in [3.05, 3.63) is 88.2 Å². The lowest BCUT2D eigenvalue weighted by Gasteiger charge is -2.06. The van der Waals surface area contributed by atoms with Gasteiger partial charge in [-0.05, 0) is 42.3 Å². The summed E-state index contributed by atoms with van der Waals surface area (Å²) in [6.45, 7) is 1.76. The summed E-state index contributed by atoms with van der Waals surface area (Å²) in [7, 11) is 0. The fourth-order valence-corrected chi connectivity index (χ4v) is 3.77. The first kappa shape index (κ1) is 19.1. The van der Waals surface area contributed by atoms with Crippen LogP contribution in [0.4, 0.5) is 8.78 Å². The lowest BCUT2D eigenvalue weighted by molar-refractivity contribution is 0.149. The Labute approximate surface area is 176 Å². The van der Waals surface area contributed by atoms with Gasteiger partial charge in [-0.3, -0.25) is 4.79 Å². The van der Waals surface area contributed by atoms with Gasteiger partial charge in [0.25, 0.3) is 0 Å². The van der Waals surface area contributed by atoms with E-state index >= 15 is 0 Å². The van der Waals surface area contributed by atoms with Crippen LogP contribution < -0.4 is 5.43 Å². The fraction of sp³-hybridized carbons (Fsp3) is 0.125. The van der Waals surface area contributed by atoms with Crippen molar-refractivity contribution in [2.75, 3.05) is 0 Å². The van der Waals surface area contributed by atoms with E-state index in [-0.39, 0.29) is 11.8 Å². The Morgan fingerprint density at radius 3 is 2.71 bits per heavy atom. The molecule has 1 N–H and O–H groups in total. The number of H-pyrrole nitrogens is 1. The molecule has 0 bridgehead atoms. The molecule has 0 saturated heterocycles. The van der Waals surface area contributed by atoms with Crippen molar-refractivity contribution in [3.8, 4) is 22.6 Å². The molecular weight excluding hydrogens is 398 g/mol. The standard InChI is InChI=1S/C24H18F2N4O/c1-14-22(27-19-8-3-2-7-18(19)23(14)31)24-28-21-10-9-17(13-30(21)29-24)16-6-4-5-15(11-16)12-20(25)26/h2-11,13,20H,12H2,1H3,(H,27,31). The molecule has 5 rings (SSSR count). The van der Waals surface area contributed by atoms with Crippen molar-refractivity contribution in [2.45, 2.75) is 19.8 Å². The van der Waals surface area contributed by atoms with Gasteiger partial charge in [0.15, 0.2) is 16.9 Å². The smallest absolute Gasteiger partial charge is 0.242 e. The number of benzene rings is 2. The number of halogens is 2. The number of fused-ring (bicyclic) bond motifs is 2. The first-order chi connectivity index (χ1) is 15.0. The van der Waals surface area contributed by atoms with E-state index in [4.69, 9.17) is 0 Å². The average Bonchev–Trinajstić information content (AvgIpc) is 3.19. The molecule has 0 saturated carbocycles. The Balaban J connectivity index is 1.59. The van der Waals surface area contributed by atoms with Crippen LogP contribution in [0.15, 0.2) is 71.7 Å². The van der Waals surface area contributed by atoms with Crippen molar-refractivity contribution < 1.29 is 8.78 Å². The number of alkyl halides is 2. The molecule has 0 spiro atoms. The van der Waals surface area contributed by atoms with Gasteiger partial charge in [0.05, 0.1) is 5.69 Å². The third-order valence-corrected chi connectivity index (χ3v) is 5.35. The maximum atomic E-state index is 12.7. The normalized spacial score (nSPS) is 11.6. The number of aromatic nitrogens is 4. The van der Waals surface area contributed by atoms with Crippen LogP contribution >= 0.6 is 0 Å². The van der Waals surface area contributed by atoms with Crippen LogP contribution in [0.2, 0.25) is 0 Å². The molecule has 3 aromatic heterocycles. The number of hydrogen-bond acceptors (Lipinski definition) is 3. The quantitative estimate of drug-likeness (QED) is 0.447. The molecule has 0 unspecified atom stereocenters. The number of rotatable bonds is 4. The Morgan fingerprint density at radius 1 is 1.03 bits per heavy atom. The highest BCUT2D eigenvalue weighted by Gasteiger charge is 2.15. The second-order valence-electron chi connectivity index (χ2n) is 7.45. The molecule has 0 aliphatic heterocycles. The van der Waals surface area contributed by atoms with Gasteiger partial charge in [0.2, 0.25) is 6.43 Å². The molecular formula is C24H18F2N4O. The summed E-state index contributed by atoms with van der Waals surface area (Å²) in [5, 5.41) is 5.19. The zero-order valence-electron chi connectivity index (χ0n) is 16.6. The van der Waals surface area contributed by atoms with E-state index in [9.17, 15) is 13.6 Å². The van der Waals surface area contributed by atoms with Gasteiger partial charge in [-0.2, -0.15) is 0 Å². The Morgan fingerprint density at radius 2 is 1.87 bits per heavy atom. The van der Waals surface area contributed by atoms with Crippen LogP contribution in [0.1, 0.15) is 11.1 Å².